The van der Waals surface area contributed by atoms with Crippen LogP contribution >= 0.6 is 0 Å². The number of halogens is 1. The van der Waals surface area contributed by atoms with Crippen molar-refractivity contribution in [1.29, 1.82) is 0 Å². The number of carbonyl (C=O) groups excluding carboxylic acids is 1. The Hall–Kier alpha value is -2.57. The highest BCUT2D eigenvalue weighted by Crippen LogP contribution is 2.11. The molecule has 0 saturated carbocycles. The number of nitrogen functional groups attached to an aromatic ring is 1. The monoisotopic (exact) mass is 233 g/mol. The third kappa shape index (κ3) is 2.51. The molecule has 86 valence electrons. The van der Waals surface area contributed by atoms with Crippen LogP contribution in [-0.4, -0.2) is 20.9 Å². The second-order valence-corrected chi connectivity index (χ2v) is 3.11. The molecule has 0 aliphatic carbocycles. The van der Waals surface area contributed by atoms with Gasteiger partial charge in [-0.05, 0) is 12.1 Å². The number of carbonyl (C=O) groups is 1. The highest BCUT2D eigenvalue weighted by atomic mass is 19.1. The lowest BCUT2D eigenvalue weighted by Gasteiger charge is -2.04. The molecule has 0 aromatic carbocycles. The summed E-state index contributed by atoms with van der Waals surface area (Å²) in [7, 11) is 0. The molecule has 17 heavy (non-hydrogen) atoms. The van der Waals surface area contributed by atoms with Crippen molar-refractivity contribution < 1.29 is 9.18 Å². The Morgan fingerprint density at radius 3 is 2.71 bits per heavy atom. The zero-order valence-corrected chi connectivity index (χ0v) is 8.59. The third-order valence-electron chi connectivity index (χ3n) is 1.92. The maximum absolute atomic E-state index is 12.9. The molecular formula is C10H8FN5O. The summed E-state index contributed by atoms with van der Waals surface area (Å²) < 4.78 is 12.9. The maximum Gasteiger partial charge on any atom is 0.261 e. The summed E-state index contributed by atoms with van der Waals surface area (Å²) in [6, 6.07) is 2.61. The average molecular weight is 233 g/mol. The number of hydrogen-bond donors (Lipinski definition) is 2. The Morgan fingerprint density at radius 2 is 2.00 bits per heavy atom. The predicted octanol–water partition coefficient (Wildman–Crippen LogP) is 0.845. The van der Waals surface area contributed by atoms with Gasteiger partial charge in [-0.2, -0.15) is 0 Å². The molecule has 2 rings (SSSR count). The first-order chi connectivity index (χ1) is 8.16. The molecule has 2 aromatic heterocycles. The van der Waals surface area contributed by atoms with E-state index in [-0.39, 0.29) is 17.3 Å². The van der Waals surface area contributed by atoms with E-state index in [0.717, 1.165) is 12.3 Å². The first kappa shape index (κ1) is 10.9. The van der Waals surface area contributed by atoms with Gasteiger partial charge in [-0.25, -0.2) is 19.3 Å². The van der Waals surface area contributed by atoms with Crippen molar-refractivity contribution in [2.45, 2.75) is 0 Å². The van der Waals surface area contributed by atoms with Gasteiger partial charge in [-0.1, -0.05) is 0 Å². The van der Waals surface area contributed by atoms with Crippen molar-refractivity contribution in [3.05, 3.63) is 42.1 Å². The molecule has 0 aliphatic rings. The predicted molar refractivity (Wildman–Crippen MR) is 58.6 cm³/mol. The molecule has 0 radical (unpaired) electrons. The Morgan fingerprint density at radius 1 is 1.29 bits per heavy atom. The topological polar surface area (TPSA) is 93.8 Å². The van der Waals surface area contributed by atoms with E-state index in [9.17, 15) is 9.18 Å². The second-order valence-electron chi connectivity index (χ2n) is 3.11. The zero-order chi connectivity index (χ0) is 12.3. The smallest absolute Gasteiger partial charge is 0.261 e. The molecule has 2 aromatic rings. The number of rotatable bonds is 2. The summed E-state index contributed by atoms with van der Waals surface area (Å²) in [4.78, 5) is 22.8. The number of aromatic nitrogens is 3. The number of hydrogen-bond acceptors (Lipinski definition) is 5. The Labute approximate surface area is 95.7 Å². The molecule has 3 N–H and O–H groups in total. The fraction of sp³-hybridized carbons (Fsp3) is 0. The molecule has 0 spiro atoms. The number of nitrogens with zero attached hydrogens (tertiary/aromatic N) is 3. The van der Waals surface area contributed by atoms with Crippen molar-refractivity contribution in [3.63, 3.8) is 0 Å². The molecule has 0 saturated heterocycles. The van der Waals surface area contributed by atoms with Gasteiger partial charge in [0.05, 0.1) is 11.8 Å². The zero-order valence-electron chi connectivity index (χ0n) is 8.59. The van der Waals surface area contributed by atoms with Gasteiger partial charge in [-0.15, -0.1) is 0 Å². The average Bonchev–Trinajstić information content (AvgIpc) is 2.33. The van der Waals surface area contributed by atoms with E-state index in [1.807, 2.05) is 0 Å². The van der Waals surface area contributed by atoms with E-state index in [1.165, 1.54) is 12.4 Å². The SMILES string of the molecule is Nc1ncc(F)cc1C(=O)Nc1ncccn1. The minimum absolute atomic E-state index is 0.0557. The number of nitrogens with two attached hydrogens (primary N) is 1. The Kier molecular flexibility index (Phi) is 2.91. The van der Waals surface area contributed by atoms with Crippen LogP contribution < -0.4 is 11.1 Å². The fourth-order valence-electron chi connectivity index (χ4n) is 1.16. The van der Waals surface area contributed by atoms with Gasteiger partial charge in [0.25, 0.3) is 5.91 Å². The van der Waals surface area contributed by atoms with Crippen molar-refractivity contribution in [2.24, 2.45) is 0 Å². The molecule has 1 amide bonds. The van der Waals surface area contributed by atoms with Crippen LogP contribution in [0, 0.1) is 5.82 Å². The molecule has 0 bridgehead atoms. The van der Waals surface area contributed by atoms with Gasteiger partial charge in [0.15, 0.2) is 0 Å². The summed E-state index contributed by atoms with van der Waals surface area (Å²) >= 11 is 0. The minimum Gasteiger partial charge on any atom is -0.383 e. The van der Waals surface area contributed by atoms with E-state index >= 15 is 0 Å². The van der Waals surface area contributed by atoms with E-state index in [0.29, 0.717) is 0 Å². The summed E-state index contributed by atoms with van der Waals surface area (Å²) in [6.45, 7) is 0. The molecule has 7 heteroatoms. The van der Waals surface area contributed by atoms with Crippen LogP contribution in [0.4, 0.5) is 16.2 Å². The van der Waals surface area contributed by atoms with E-state index < -0.39 is 11.7 Å². The van der Waals surface area contributed by atoms with Crippen molar-refractivity contribution in [2.75, 3.05) is 11.1 Å². The first-order valence-electron chi connectivity index (χ1n) is 4.66. The minimum atomic E-state index is -0.640. The number of nitrogens with one attached hydrogen (secondary N) is 1. The second kappa shape index (κ2) is 4.52. The summed E-state index contributed by atoms with van der Waals surface area (Å²) in [6.07, 6.45) is 3.87. The Balaban J connectivity index is 2.23. The number of anilines is 2. The van der Waals surface area contributed by atoms with Crippen LogP contribution in [0.1, 0.15) is 10.4 Å². The van der Waals surface area contributed by atoms with Gasteiger partial charge in [-0.3, -0.25) is 10.1 Å². The number of amides is 1. The molecule has 2 heterocycles. The quantitative estimate of drug-likeness (QED) is 0.801. The molecule has 0 aliphatic heterocycles. The van der Waals surface area contributed by atoms with E-state index in [2.05, 4.69) is 20.3 Å². The standard InChI is InChI=1S/C10H8FN5O/c11-6-4-7(8(12)15-5-6)9(17)16-10-13-2-1-3-14-10/h1-5H,(H2,12,15)(H,13,14,16,17). The van der Waals surface area contributed by atoms with Gasteiger partial charge < -0.3 is 5.73 Å². The van der Waals surface area contributed by atoms with Crippen LogP contribution in [0.25, 0.3) is 0 Å². The van der Waals surface area contributed by atoms with E-state index in [4.69, 9.17) is 5.73 Å². The van der Waals surface area contributed by atoms with Crippen LogP contribution in [0.15, 0.2) is 30.7 Å². The van der Waals surface area contributed by atoms with Crippen molar-refractivity contribution in [3.8, 4) is 0 Å². The highest BCUT2D eigenvalue weighted by molar-refractivity contribution is 6.06. The number of pyridine rings is 1. The lowest BCUT2D eigenvalue weighted by atomic mass is 10.2. The molecular weight excluding hydrogens is 225 g/mol. The third-order valence-corrected chi connectivity index (χ3v) is 1.92. The van der Waals surface area contributed by atoms with Crippen LogP contribution in [0.2, 0.25) is 0 Å². The van der Waals surface area contributed by atoms with Gasteiger partial charge >= 0.3 is 0 Å². The summed E-state index contributed by atoms with van der Waals surface area (Å²) in [5.74, 6) is -1.19. The van der Waals surface area contributed by atoms with Gasteiger partial charge in [0.1, 0.15) is 11.6 Å². The lowest BCUT2D eigenvalue weighted by Crippen LogP contribution is -2.16. The molecule has 0 unspecified atom stereocenters. The molecule has 0 atom stereocenters. The first-order valence-corrected chi connectivity index (χ1v) is 4.66. The van der Waals surface area contributed by atoms with Crippen LogP contribution in [0.5, 0.6) is 0 Å². The largest absolute Gasteiger partial charge is 0.383 e. The summed E-state index contributed by atoms with van der Waals surface area (Å²) in [5.41, 5.74) is 5.41. The molecule has 6 nitrogen and oxygen atoms in total. The van der Waals surface area contributed by atoms with Crippen LogP contribution in [0.3, 0.4) is 0 Å². The van der Waals surface area contributed by atoms with Gasteiger partial charge in [0.2, 0.25) is 5.95 Å². The van der Waals surface area contributed by atoms with Crippen molar-refractivity contribution in [1.82, 2.24) is 15.0 Å². The lowest BCUT2D eigenvalue weighted by molar-refractivity contribution is 0.102. The van der Waals surface area contributed by atoms with Crippen LogP contribution in [-0.2, 0) is 0 Å². The van der Waals surface area contributed by atoms with E-state index in [1.54, 1.807) is 6.07 Å². The fourth-order valence-corrected chi connectivity index (χ4v) is 1.16. The maximum atomic E-state index is 12.9. The van der Waals surface area contributed by atoms with Gasteiger partial charge in [0, 0.05) is 12.4 Å². The van der Waals surface area contributed by atoms with Crippen molar-refractivity contribution >= 4 is 17.7 Å². The Bertz CT molecular complexity index is 546. The summed E-state index contributed by atoms with van der Waals surface area (Å²) in [5, 5.41) is 2.38. The molecule has 0 fully saturated rings. The highest BCUT2D eigenvalue weighted by Gasteiger charge is 2.13. The normalized spacial score (nSPS) is 9.94.